The SMILES string of the molecule is C=CCn1cnnc1SCC(=O)c1cc(C)n(-c2cccc(C)c2)c1C. The summed E-state index contributed by atoms with van der Waals surface area (Å²) in [6, 6.07) is 10.3. The first kappa shape index (κ1) is 18.2. The van der Waals surface area contributed by atoms with Crippen LogP contribution >= 0.6 is 11.8 Å². The number of thioether (sulfide) groups is 1. The average molecular weight is 366 g/mol. The Bertz CT molecular complexity index is 955. The van der Waals surface area contributed by atoms with Gasteiger partial charge in [-0.15, -0.1) is 16.8 Å². The molecule has 0 atom stereocenters. The zero-order chi connectivity index (χ0) is 18.7. The third-order valence-electron chi connectivity index (χ3n) is 4.23. The van der Waals surface area contributed by atoms with E-state index in [4.69, 9.17) is 0 Å². The zero-order valence-corrected chi connectivity index (χ0v) is 16.1. The van der Waals surface area contributed by atoms with Crippen LogP contribution in [0.1, 0.15) is 27.3 Å². The van der Waals surface area contributed by atoms with Gasteiger partial charge in [0.25, 0.3) is 0 Å². The van der Waals surface area contributed by atoms with Crippen molar-refractivity contribution in [1.82, 2.24) is 19.3 Å². The fraction of sp³-hybridized carbons (Fsp3) is 0.250. The molecule has 3 rings (SSSR count). The number of carbonyl (C=O) groups is 1. The molecular formula is C20H22N4OS. The van der Waals surface area contributed by atoms with Crippen LogP contribution in [0.2, 0.25) is 0 Å². The van der Waals surface area contributed by atoms with Gasteiger partial charge < -0.3 is 9.13 Å². The summed E-state index contributed by atoms with van der Waals surface area (Å²) in [5, 5.41) is 8.71. The number of nitrogens with zero attached hydrogens (tertiary/aromatic N) is 4. The minimum absolute atomic E-state index is 0.0927. The van der Waals surface area contributed by atoms with Crippen LogP contribution in [0.15, 0.2) is 54.5 Å². The maximum Gasteiger partial charge on any atom is 0.191 e. The Kier molecular flexibility index (Phi) is 5.42. The summed E-state index contributed by atoms with van der Waals surface area (Å²) in [7, 11) is 0. The van der Waals surface area contributed by atoms with E-state index in [0.717, 1.165) is 27.8 Å². The van der Waals surface area contributed by atoms with Gasteiger partial charge >= 0.3 is 0 Å². The van der Waals surface area contributed by atoms with Crippen LogP contribution in [-0.2, 0) is 6.54 Å². The molecular weight excluding hydrogens is 344 g/mol. The summed E-state index contributed by atoms with van der Waals surface area (Å²) in [4.78, 5) is 12.8. The largest absolute Gasteiger partial charge is 0.318 e. The van der Waals surface area contributed by atoms with Gasteiger partial charge in [-0.1, -0.05) is 30.0 Å². The van der Waals surface area contributed by atoms with Crippen molar-refractivity contribution in [2.45, 2.75) is 32.5 Å². The number of ketones is 1. The molecule has 0 unspecified atom stereocenters. The highest BCUT2D eigenvalue weighted by Crippen LogP contribution is 2.24. The summed E-state index contributed by atoms with van der Waals surface area (Å²) < 4.78 is 4.01. The van der Waals surface area contributed by atoms with Gasteiger partial charge in [-0.05, 0) is 44.5 Å². The number of allylic oxidation sites excluding steroid dienone is 1. The molecule has 0 spiro atoms. The summed E-state index contributed by atoms with van der Waals surface area (Å²) in [5.74, 6) is 0.420. The molecule has 0 aliphatic rings. The Morgan fingerprint density at radius 2 is 2.08 bits per heavy atom. The number of hydrogen-bond acceptors (Lipinski definition) is 4. The van der Waals surface area contributed by atoms with Crippen LogP contribution in [0.25, 0.3) is 5.69 Å². The molecule has 1 aromatic carbocycles. The molecule has 6 heteroatoms. The number of benzene rings is 1. The molecule has 0 saturated carbocycles. The Morgan fingerprint density at radius 1 is 1.27 bits per heavy atom. The third kappa shape index (κ3) is 3.65. The van der Waals surface area contributed by atoms with Crippen LogP contribution in [-0.4, -0.2) is 30.9 Å². The van der Waals surface area contributed by atoms with Crippen molar-refractivity contribution in [1.29, 1.82) is 0 Å². The van der Waals surface area contributed by atoms with E-state index in [1.165, 1.54) is 17.3 Å². The van der Waals surface area contributed by atoms with Gasteiger partial charge in [0.1, 0.15) is 6.33 Å². The topological polar surface area (TPSA) is 52.7 Å². The zero-order valence-electron chi connectivity index (χ0n) is 15.3. The van der Waals surface area contributed by atoms with Gasteiger partial charge in [0, 0.05) is 29.2 Å². The van der Waals surface area contributed by atoms with Crippen molar-refractivity contribution in [2.24, 2.45) is 0 Å². The molecule has 0 amide bonds. The summed E-state index contributed by atoms with van der Waals surface area (Å²) in [6.45, 7) is 10.4. The highest BCUT2D eigenvalue weighted by atomic mass is 32.2. The smallest absolute Gasteiger partial charge is 0.191 e. The molecule has 0 saturated heterocycles. The second-order valence-electron chi connectivity index (χ2n) is 6.23. The molecule has 2 heterocycles. The second-order valence-corrected chi connectivity index (χ2v) is 7.17. The van der Waals surface area contributed by atoms with Crippen molar-refractivity contribution >= 4 is 17.5 Å². The molecule has 0 fully saturated rings. The number of hydrogen-bond donors (Lipinski definition) is 0. The van der Waals surface area contributed by atoms with Crippen molar-refractivity contribution < 1.29 is 4.79 Å². The van der Waals surface area contributed by atoms with Crippen LogP contribution in [0.5, 0.6) is 0 Å². The molecule has 0 bridgehead atoms. The molecule has 0 aliphatic carbocycles. The summed E-state index contributed by atoms with van der Waals surface area (Å²) >= 11 is 1.40. The molecule has 0 N–H and O–H groups in total. The lowest BCUT2D eigenvalue weighted by Crippen LogP contribution is -2.07. The van der Waals surface area contributed by atoms with Crippen molar-refractivity contribution in [3.8, 4) is 5.69 Å². The second kappa shape index (κ2) is 7.74. The Morgan fingerprint density at radius 3 is 2.81 bits per heavy atom. The molecule has 134 valence electrons. The van der Waals surface area contributed by atoms with E-state index in [2.05, 4.69) is 46.5 Å². The van der Waals surface area contributed by atoms with Gasteiger partial charge in [-0.25, -0.2) is 0 Å². The molecule has 2 aromatic heterocycles. The van der Waals surface area contributed by atoms with E-state index in [1.54, 1.807) is 12.4 Å². The van der Waals surface area contributed by atoms with Gasteiger partial charge in [0.2, 0.25) is 0 Å². The number of carbonyl (C=O) groups excluding carboxylic acids is 1. The van der Waals surface area contributed by atoms with Gasteiger partial charge in [-0.3, -0.25) is 4.79 Å². The molecule has 0 aliphatic heterocycles. The van der Waals surface area contributed by atoms with Gasteiger partial charge in [0.15, 0.2) is 10.9 Å². The first-order valence-corrected chi connectivity index (χ1v) is 9.40. The fourth-order valence-electron chi connectivity index (χ4n) is 3.04. The quantitative estimate of drug-likeness (QED) is 0.358. The highest BCUT2D eigenvalue weighted by Gasteiger charge is 2.18. The maximum atomic E-state index is 12.8. The predicted octanol–water partition coefficient (Wildman–Crippen LogP) is 4.16. The van der Waals surface area contributed by atoms with Crippen LogP contribution < -0.4 is 0 Å². The van der Waals surface area contributed by atoms with E-state index in [-0.39, 0.29) is 5.78 Å². The average Bonchev–Trinajstić information content (AvgIpc) is 3.17. The first-order chi connectivity index (χ1) is 12.5. The van der Waals surface area contributed by atoms with Crippen LogP contribution in [0, 0.1) is 20.8 Å². The summed E-state index contributed by atoms with van der Waals surface area (Å²) in [5.41, 5.74) is 5.05. The Balaban J connectivity index is 1.81. The van der Waals surface area contributed by atoms with Crippen molar-refractivity contribution in [3.05, 3.63) is 71.8 Å². The van der Waals surface area contributed by atoms with E-state index in [1.807, 2.05) is 30.5 Å². The first-order valence-electron chi connectivity index (χ1n) is 8.42. The lowest BCUT2D eigenvalue weighted by Gasteiger charge is -2.10. The predicted molar refractivity (Wildman–Crippen MR) is 105 cm³/mol. The molecule has 0 radical (unpaired) electrons. The fourth-order valence-corrected chi connectivity index (χ4v) is 3.85. The van der Waals surface area contributed by atoms with Crippen molar-refractivity contribution in [3.63, 3.8) is 0 Å². The standard InChI is InChI=1S/C20H22N4OS/c1-5-9-23-13-21-22-20(23)26-12-19(25)18-11-15(3)24(16(18)4)17-8-6-7-14(2)10-17/h5-8,10-11,13H,1,9,12H2,2-4H3. The van der Waals surface area contributed by atoms with E-state index < -0.39 is 0 Å². The van der Waals surface area contributed by atoms with E-state index in [0.29, 0.717) is 12.3 Å². The maximum absolute atomic E-state index is 12.8. The third-order valence-corrected chi connectivity index (χ3v) is 5.21. The normalized spacial score (nSPS) is 10.9. The molecule has 26 heavy (non-hydrogen) atoms. The Hall–Kier alpha value is -2.60. The van der Waals surface area contributed by atoms with Gasteiger partial charge in [-0.2, -0.15) is 0 Å². The summed E-state index contributed by atoms with van der Waals surface area (Å²) in [6.07, 6.45) is 3.43. The van der Waals surface area contributed by atoms with E-state index in [9.17, 15) is 4.79 Å². The Labute approximate surface area is 157 Å². The van der Waals surface area contributed by atoms with Crippen LogP contribution in [0.3, 0.4) is 0 Å². The number of rotatable bonds is 7. The van der Waals surface area contributed by atoms with Gasteiger partial charge in [0.05, 0.1) is 5.75 Å². The number of Topliss-reactive ketones (excluding diaryl/α,β-unsaturated/α-hetero) is 1. The highest BCUT2D eigenvalue weighted by molar-refractivity contribution is 7.99. The lowest BCUT2D eigenvalue weighted by molar-refractivity contribution is 0.102. The minimum Gasteiger partial charge on any atom is -0.318 e. The van der Waals surface area contributed by atoms with Crippen LogP contribution in [0.4, 0.5) is 0 Å². The monoisotopic (exact) mass is 366 g/mol. The van der Waals surface area contributed by atoms with E-state index >= 15 is 0 Å². The molecule has 3 aromatic rings. The molecule has 5 nitrogen and oxygen atoms in total. The minimum atomic E-state index is 0.0927. The number of aromatic nitrogens is 4. The lowest BCUT2D eigenvalue weighted by atomic mass is 10.2. The van der Waals surface area contributed by atoms with Crippen molar-refractivity contribution in [2.75, 3.05) is 5.75 Å². The number of aryl methyl sites for hydroxylation is 2.